The number of likely N-dealkylation sites (N-methyl/N-ethyl adjacent to an activating group) is 1. The third kappa shape index (κ3) is 3.77. The Kier molecular flexibility index (Phi) is 5.35. The second-order valence-electron chi connectivity index (χ2n) is 8.46. The highest BCUT2D eigenvalue weighted by Crippen LogP contribution is 2.35. The number of carbonyl (C=O) groups excluding carboxylic acids is 1. The van der Waals surface area contributed by atoms with Gasteiger partial charge >= 0.3 is 0 Å². The summed E-state index contributed by atoms with van der Waals surface area (Å²) >= 11 is 0. The van der Waals surface area contributed by atoms with E-state index >= 15 is 0 Å². The second kappa shape index (κ2) is 8.28. The number of aryl methyl sites for hydroxylation is 1. The molecule has 0 bridgehead atoms. The van der Waals surface area contributed by atoms with Crippen molar-refractivity contribution < 1.29 is 14.3 Å². The van der Waals surface area contributed by atoms with Gasteiger partial charge < -0.3 is 24.6 Å². The molecule has 3 aliphatic heterocycles. The van der Waals surface area contributed by atoms with Gasteiger partial charge in [0.25, 0.3) is 5.91 Å². The van der Waals surface area contributed by atoms with E-state index in [-0.39, 0.29) is 5.91 Å². The lowest BCUT2D eigenvalue weighted by Crippen LogP contribution is -2.47. The van der Waals surface area contributed by atoms with Gasteiger partial charge in [-0.15, -0.1) is 0 Å². The molecule has 5 rings (SSSR count). The maximum Gasteiger partial charge on any atom is 0.257 e. The molecular weight excluding hydrogens is 382 g/mol. The summed E-state index contributed by atoms with van der Waals surface area (Å²) in [5.41, 5.74) is 3.00. The van der Waals surface area contributed by atoms with Crippen LogP contribution in [0.25, 0.3) is 0 Å². The second-order valence-corrected chi connectivity index (χ2v) is 8.46. The van der Waals surface area contributed by atoms with Crippen LogP contribution in [0.1, 0.15) is 28.0 Å². The summed E-state index contributed by atoms with van der Waals surface area (Å²) in [4.78, 5) is 17.3. The predicted octanol–water partition coefficient (Wildman–Crippen LogP) is 1.35. The number of benzene rings is 1. The number of hydrogen-bond acceptors (Lipinski definition) is 6. The molecule has 30 heavy (non-hydrogen) atoms. The van der Waals surface area contributed by atoms with E-state index in [0.717, 1.165) is 87.0 Å². The first-order valence-corrected chi connectivity index (χ1v) is 10.8. The molecule has 1 saturated heterocycles. The van der Waals surface area contributed by atoms with Gasteiger partial charge in [-0.05, 0) is 38.4 Å². The summed E-state index contributed by atoms with van der Waals surface area (Å²) in [6.45, 7) is 6.25. The van der Waals surface area contributed by atoms with Crippen molar-refractivity contribution in [3.05, 3.63) is 41.2 Å². The third-order valence-electron chi connectivity index (χ3n) is 6.43. The van der Waals surface area contributed by atoms with Gasteiger partial charge in [0.15, 0.2) is 11.5 Å². The highest BCUT2D eigenvalue weighted by Gasteiger charge is 2.29. The van der Waals surface area contributed by atoms with Gasteiger partial charge in [-0.2, -0.15) is 5.10 Å². The predicted molar refractivity (Wildman–Crippen MR) is 112 cm³/mol. The average molecular weight is 412 g/mol. The van der Waals surface area contributed by atoms with Crippen molar-refractivity contribution in [3.8, 4) is 11.5 Å². The quantitative estimate of drug-likeness (QED) is 0.801. The number of nitrogens with one attached hydrogen (secondary N) is 1. The van der Waals surface area contributed by atoms with Crippen molar-refractivity contribution in [2.24, 2.45) is 5.92 Å². The number of piperazine rings is 1. The van der Waals surface area contributed by atoms with Crippen molar-refractivity contribution in [1.82, 2.24) is 24.9 Å². The van der Waals surface area contributed by atoms with E-state index < -0.39 is 0 Å². The Morgan fingerprint density at radius 1 is 1.20 bits per heavy atom. The van der Waals surface area contributed by atoms with Crippen molar-refractivity contribution in [3.63, 3.8) is 0 Å². The van der Waals surface area contributed by atoms with E-state index in [9.17, 15) is 4.79 Å². The molecule has 2 aromatic rings. The van der Waals surface area contributed by atoms with Crippen molar-refractivity contribution >= 4 is 5.91 Å². The van der Waals surface area contributed by atoms with Gasteiger partial charge in [0, 0.05) is 44.8 Å². The molecule has 1 atom stereocenters. The Morgan fingerprint density at radius 2 is 2.07 bits per heavy atom. The fourth-order valence-electron chi connectivity index (χ4n) is 4.57. The molecule has 1 amide bonds. The van der Waals surface area contributed by atoms with Crippen LogP contribution < -0.4 is 14.8 Å². The standard InChI is InChI=1S/C22H29N5O3/c1-25-7-9-26(10-8-25)22(28)18-14-24-27-6-5-16(11-19(18)27)12-23-13-17-3-2-4-20-21(17)30-15-29-20/h2-4,14,16,23H,5-13,15H2,1H3. The largest absolute Gasteiger partial charge is 0.454 e. The lowest BCUT2D eigenvalue weighted by Gasteiger charge is -2.32. The maximum atomic E-state index is 13.1. The normalized spacial score (nSPS) is 21.0. The average Bonchev–Trinajstić information content (AvgIpc) is 3.41. The number of amides is 1. The van der Waals surface area contributed by atoms with Crippen LogP contribution in [0.4, 0.5) is 0 Å². The first-order chi connectivity index (χ1) is 14.7. The molecule has 1 aromatic heterocycles. The number of nitrogens with zero attached hydrogens (tertiary/aromatic N) is 4. The van der Waals surface area contributed by atoms with Gasteiger partial charge in [-0.3, -0.25) is 9.48 Å². The van der Waals surface area contributed by atoms with Crippen molar-refractivity contribution in [2.45, 2.75) is 25.9 Å². The summed E-state index contributed by atoms with van der Waals surface area (Å²) in [7, 11) is 2.10. The summed E-state index contributed by atoms with van der Waals surface area (Å²) in [5.74, 6) is 2.30. The number of rotatable bonds is 5. The van der Waals surface area contributed by atoms with Gasteiger partial charge in [0.2, 0.25) is 6.79 Å². The van der Waals surface area contributed by atoms with Crippen LogP contribution >= 0.6 is 0 Å². The zero-order valence-electron chi connectivity index (χ0n) is 17.5. The highest BCUT2D eigenvalue weighted by molar-refractivity contribution is 5.95. The van der Waals surface area contributed by atoms with E-state index in [0.29, 0.717) is 12.7 Å². The Bertz CT molecular complexity index is 919. The molecule has 160 valence electrons. The highest BCUT2D eigenvalue weighted by atomic mass is 16.7. The number of ether oxygens (including phenoxy) is 2. The first kappa shape index (κ1) is 19.4. The molecule has 1 aromatic carbocycles. The fraction of sp³-hybridized carbons (Fsp3) is 0.545. The minimum Gasteiger partial charge on any atom is -0.454 e. The molecule has 8 heteroatoms. The Labute approximate surface area is 176 Å². The monoisotopic (exact) mass is 411 g/mol. The van der Waals surface area contributed by atoms with Gasteiger partial charge in [0.05, 0.1) is 17.5 Å². The molecule has 8 nitrogen and oxygen atoms in total. The van der Waals surface area contributed by atoms with Crippen molar-refractivity contribution in [2.75, 3.05) is 46.6 Å². The van der Waals surface area contributed by atoms with E-state index in [1.165, 1.54) is 0 Å². The minimum absolute atomic E-state index is 0.134. The summed E-state index contributed by atoms with van der Waals surface area (Å²) in [5, 5.41) is 8.07. The minimum atomic E-state index is 0.134. The molecule has 0 saturated carbocycles. The van der Waals surface area contributed by atoms with Crippen molar-refractivity contribution in [1.29, 1.82) is 0 Å². The van der Waals surface area contributed by atoms with Crippen LogP contribution in [0.3, 0.4) is 0 Å². The van der Waals surface area contributed by atoms with E-state index in [4.69, 9.17) is 9.47 Å². The number of hydrogen-bond donors (Lipinski definition) is 1. The Morgan fingerprint density at radius 3 is 2.93 bits per heavy atom. The Balaban J connectivity index is 1.20. The molecule has 1 fully saturated rings. The zero-order valence-corrected chi connectivity index (χ0v) is 17.5. The fourth-order valence-corrected chi connectivity index (χ4v) is 4.57. The molecule has 4 heterocycles. The SMILES string of the molecule is CN1CCN(C(=O)c2cnn3c2CC(CNCc2cccc4c2OCO4)CC3)CC1. The first-order valence-electron chi connectivity index (χ1n) is 10.8. The molecule has 0 radical (unpaired) electrons. The molecule has 0 aliphatic carbocycles. The molecule has 1 N–H and O–H groups in total. The van der Waals surface area contributed by atoms with Crippen LogP contribution in [0, 0.1) is 5.92 Å². The lowest BCUT2D eigenvalue weighted by atomic mass is 9.94. The van der Waals surface area contributed by atoms with Gasteiger partial charge in [0.1, 0.15) is 0 Å². The summed E-state index contributed by atoms with van der Waals surface area (Å²) in [6.07, 6.45) is 3.72. The van der Waals surface area contributed by atoms with E-state index in [1.54, 1.807) is 6.20 Å². The smallest absolute Gasteiger partial charge is 0.257 e. The van der Waals surface area contributed by atoms with Crippen LogP contribution in [0.15, 0.2) is 24.4 Å². The number of aromatic nitrogens is 2. The summed E-state index contributed by atoms with van der Waals surface area (Å²) in [6, 6.07) is 6.01. The molecule has 3 aliphatic rings. The zero-order chi connectivity index (χ0) is 20.5. The van der Waals surface area contributed by atoms with Gasteiger partial charge in [-0.25, -0.2) is 0 Å². The Hall–Kier alpha value is -2.58. The molecule has 0 spiro atoms. The third-order valence-corrected chi connectivity index (χ3v) is 6.43. The number of para-hydroxylation sites is 1. The van der Waals surface area contributed by atoms with Crippen LogP contribution in [0.2, 0.25) is 0 Å². The lowest BCUT2D eigenvalue weighted by molar-refractivity contribution is 0.0662. The molecular formula is C22H29N5O3. The number of fused-ring (bicyclic) bond motifs is 2. The van der Waals surface area contributed by atoms with Crippen LogP contribution in [0.5, 0.6) is 11.5 Å². The topological polar surface area (TPSA) is 71.9 Å². The van der Waals surface area contributed by atoms with E-state index in [1.807, 2.05) is 21.7 Å². The summed E-state index contributed by atoms with van der Waals surface area (Å²) < 4.78 is 13.1. The van der Waals surface area contributed by atoms with Crippen LogP contribution in [-0.4, -0.2) is 72.1 Å². The van der Waals surface area contributed by atoms with Crippen LogP contribution in [-0.2, 0) is 19.5 Å². The molecule has 1 unspecified atom stereocenters. The van der Waals surface area contributed by atoms with E-state index in [2.05, 4.69) is 28.4 Å². The van der Waals surface area contributed by atoms with Gasteiger partial charge in [-0.1, -0.05) is 12.1 Å². The number of carbonyl (C=O) groups is 1. The maximum absolute atomic E-state index is 13.1.